The van der Waals surface area contributed by atoms with E-state index in [1.54, 1.807) is 11.8 Å². The molecule has 0 spiro atoms. The Morgan fingerprint density at radius 2 is 1.53 bits per heavy atom. The van der Waals surface area contributed by atoms with Gasteiger partial charge in [0.05, 0.1) is 29.3 Å². The van der Waals surface area contributed by atoms with E-state index in [4.69, 9.17) is 14.7 Å². The minimum atomic E-state index is -0.368. The van der Waals surface area contributed by atoms with Gasteiger partial charge in [-0.15, -0.1) is 11.8 Å². The van der Waals surface area contributed by atoms with E-state index >= 15 is 0 Å². The highest BCUT2D eigenvalue weighted by Gasteiger charge is 2.42. The number of nitrogens with zero attached hydrogens (tertiary/aromatic N) is 5. The van der Waals surface area contributed by atoms with Crippen LogP contribution in [0.2, 0.25) is 0 Å². The number of hydrogen-bond acceptors (Lipinski definition) is 8. The minimum Gasteiger partial charge on any atom is -0.445 e. The average Bonchev–Trinajstić information content (AvgIpc) is 4.13. The summed E-state index contributed by atoms with van der Waals surface area (Å²) in [5, 5.41) is -0.142. The number of rotatable bonds is 14. The maximum absolute atomic E-state index is 13.9. The van der Waals surface area contributed by atoms with Gasteiger partial charge >= 0.3 is 6.09 Å². The van der Waals surface area contributed by atoms with Gasteiger partial charge in [-0.25, -0.2) is 9.78 Å². The molecule has 2 fully saturated rings. The molecule has 4 heterocycles. The largest absolute Gasteiger partial charge is 0.445 e. The Balaban J connectivity index is 0.897. The predicted octanol–water partition coefficient (Wildman–Crippen LogP) is 9.74. The number of aromatic nitrogens is 2. The van der Waals surface area contributed by atoms with Crippen molar-refractivity contribution in [3.63, 3.8) is 0 Å². The van der Waals surface area contributed by atoms with Crippen molar-refractivity contribution in [3.8, 4) is 22.4 Å². The van der Waals surface area contributed by atoms with Gasteiger partial charge in [0.15, 0.2) is 0 Å². The van der Waals surface area contributed by atoms with Crippen LogP contribution >= 0.6 is 11.8 Å². The molecule has 308 valence electrons. The lowest BCUT2D eigenvalue weighted by Crippen LogP contribution is -2.45. The van der Waals surface area contributed by atoms with Gasteiger partial charge < -0.3 is 14.6 Å². The maximum atomic E-state index is 13.9. The highest BCUT2D eigenvalue weighted by atomic mass is 32.2. The molecule has 1 N–H and O–H groups in total. The number of benzene rings is 4. The fourth-order valence-corrected chi connectivity index (χ4v) is 9.95. The lowest BCUT2D eigenvalue weighted by atomic mass is 9.96. The Labute approximate surface area is 356 Å². The molecular formula is C49H52N6O4S. The summed E-state index contributed by atoms with van der Waals surface area (Å²) in [4.78, 5) is 58.8. The zero-order chi connectivity index (χ0) is 41.6. The average molecular weight is 821 g/mol. The molecule has 0 aliphatic carbocycles. The third-order valence-electron chi connectivity index (χ3n) is 11.8. The first-order chi connectivity index (χ1) is 29.3. The van der Waals surface area contributed by atoms with Crippen molar-refractivity contribution < 1.29 is 19.1 Å². The first-order valence-corrected chi connectivity index (χ1v) is 22.0. The standard InChI is InChI=1S/C49H52N6O4S/c1-4-40(56)25-26-45-55(49(58)59-31-33-12-7-5-8-13-33)44(32-60-45)41-28-39(29-50-41)36-19-17-34(18-20-36)35-21-23-37(24-22-35)42-30-51-47(52-42)43-16-11-27-54(43)48(57)46(53(2)3)38-14-9-6-10-15-38/h5-10,12-15,17-24,29-30,43-46H,4,11,16,25-28,31-32H2,1-3H3,(H,51,52)/t43-,44-,45?,46+/m0/s1. The normalized spacial score (nSPS) is 19.4. The summed E-state index contributed by atoms with van der Waals surface area (Å²) in [6.07, 6.45) is 7.42. The van der Waals surface area contributed by atoms with Gasteiger partial charge in [-0.05, 0) is 72.3 Å². The third-order valence-corrected chi connectivity index (χ3v) is 13.2. The summed E-state index contributed by atoms with van der Waals surface area (Å²) < 4.78 is 5.82. The van der Waals surface area contributed by atoms with Gasteiger partial charge in [-0.1, -0.05) is 116 Å². The molecule has 11 heteroatoms. The number of nitrogens with one attached hydrogen (secondary N) is 1. The fourth-order valence-electron chi connectivity index (χ4n) is 8.51. The van der Waals surface area contributed by atoms with Gasteiger partial charge in [0, 0.05) is 43.5 Å². The number of allylic oxidation sites excluding steroid dienone is 1. The van der Waals surface area contributed by atoms with Crippen LogP contribution in [0, 0.1) is 0 Å². The smallest absolute Gasteiger partial charge is 0.411 e. The molecular weight excluding hydrogens is 769 g/mol. The number of likely N-dealkylation sites (tertiary alicyclic amines) is 1. The van der Waals surface area contributed by atoms with Gasteiger partial charge in [0.2, 0.25) is 5.91 Å². The van der Waals surface area contributed by atoms with E-state index in [1.807, 2.05) is 109 Å². The Morgan fingerprint density at radius 1 is 0.867 bits per heavy atom. The van der Waals surface area contributed by atoms with Crippen LogP contribution in [0.3, 0.4) is 0 Å². The summed E-state index contributed by atoms with van der Waals surface area (Å²) in [7, 11) is 3.91. The van der Waals surface area contributed by atoms with Crippen LogP contribution in [-0.4, -0.2) is 86.0 Å². The number of imidazole rings is 1. The lowest BCUT2D eigenvalue weighted by molar-refractivity contribution is -0.137. The van der Waals surface area contributed by atoms with Crippen molar-refractivity contribution in [1.82, 2.24) is 24.7 Å². The number of amides is 2. The number of carbonyl (C=O) groups excluding carboxylic acids is 3. The molecule has 1 unspecified atom stereocenters. The SMILES string of the molecule is CCC(=O)CCC1SC[C@@H](C2=NC=C(c3ccc(-c4ccc(-c5cnc([C@@H]6CCCN6C(=O)[C@@H](c6ccccc6)N(C)C)[nH]5)cc4)cc3)C2)N1C(=O)OCc1ccccc1. The molecule has 4 atom stereocenters. The number of aromatic amines is 1. The topological polar surface area (TPSA) is 111 Å². The predicted molar refractivity (Wildman–Crippen MR) is 239 cm³/mol. The number of Topliss-reactive ketones (excluding diaryl/α,β-unsaturated/α-hetero) is 1. The fraction of sp³-hybridized carbons (Fsp3) is 0.327. The Bertz CT molecular complexity index is 2340. The van der Waals surface area contributed by atoms with Crippen molar-refractivity contribution >= 4 is 40.8 Å². The first kappa shape index (κ1) is 41.0. The highest BCUT2D eigenvalue weighted by molar-refractivity contribution is 8.00. The molecule has 0 saturated carbocycles. The molecule has 8 rings (SSSR count). The molecule has 4 aromatic carbocycles. The van der Waals surface area contributed by atoms with Crippen molar-refractivity contribution in [2.75, 3.05) is 26.4 Å². The number of carbonyl (C=O) groups is 3. The van der Waals surface area contributed by atoms with Crippen molar-refractivity contribution in [2.24, 2.45) is 4.99 Å². The monoisotopic (exact) mass is 820 g/mol. The summed E-state index contributed by atoms with van der Waals surface area (Å²) in [6.45, 7) is 2.78. The van der Waals surface area contributed by atoms with E-state index in [2.05, 4.69) is 53.5 Å². The second-order valence-electron chi connectivity index (χ2n) is 15.9. The summed E-state index contributed by atoms with van der Waals surface area (Å²) in [5.74, 6) is 1.83. The number of hydrogen-bond donors (Lipinski definition) is 1. The van der Waals surface area contributed by atoms with Gasteiger partial charge in [0.1, 0.15) is 24.3 Å². The molecule has 2 saturated heterocycles. The van der Waals surface area contributed by atoms with E-state index in [1.165, 1.54) is 0 Å². The number of ether oxygens (including phenoxy) is 1. The molecule has 0 bridgehead atoms. The van der Waals surface area contributed by atoms with Crippen molar-refractivity contribution in [2.45, 2.75) is 75.6 Å². The Morgan fingerprint density at radius 3 is 2.22 bits per heavy atom. The number of thioether (sulfide) groups is 1. The second kappa shape index (κ2) is 18.6. The van der Waals surface area contributed by atoms with Gasteiger partial charge in [0.25, 0.3) is 0 Å². The van der Waals surface area contributed by atoms with Crippen molar-refractivity contribution in [1.29, 1.82) is 0 Å². The second-order valence-corrected chi connectivity index (χ2v) is 17.1. The van der Waals surface area contributed by atoms with Crippen LogP contribution in [0.1, 0.15) is 80.0 Å². The minimum absolute atomic E-state index is 0.0940. The Hall–Kier alpha value is -5.78. The van der Waals surface area contributed by atoms with Crippen LogP contribution in [0.5, 0.6) is 0 Å². The third kappa shape index (κ3) is 9.02. The summed E-state index contributed by atoms with van der Waals surface area (Å²) in [5.41, 5.74) is 9.22. The van der Waals surface area contributed by atoms with E-state index in [0.29, 0.717) is 38.0 Å². The number of likely N-dealkylation sites (N-methyl/N-ethyl adjacent to an activating group) is 1. The van der Waals surface area contributed by atoms with E-state index < -0.39 is 0 Å². The summed E-state index contributed by atoms with van der Waals surface area (Å²) >= 11 is 1.70. The summed E-state index contributed by atoms with van der Waals surface area (Å²) in [6, 6.07) is 36.0. The van der Waals surface area contributed by atoms with Crippen molar-refractivity contribution in [3.05, 3.63) is 144 Å². The van der Waals surface area contributed by atoms with Crippen LogP contribution in [0.15, 0.2) is 127 Å². The highest BCUT2D eigenvalue weighted by Crippen LogP contribution is 2.38. The molecule has 10 nitrogen and oxygen atoms in total. The molecule has 0 radical (unpaired) electrons. The quantitative estimate of drug-likeness (QED) is 0.119. The van der Waals surface area contributed by atoms with Crippen LogP contribution in [0.4, 0.5) is 4.79 Å². The van der Waals surface area contributed by atoms with Gasteiger partial charge in [-0.3, -0.25) is 24.4 Å². The number of aliphatic imine (C=N–C) groups is 1. The zero-order valence-electron chi connectivity index (χ0n) is 34.5. The molecule has 60 heavy (non-hydrogen) atoms. The molecule has 5 aromatic rings. The maximum Gasteiger partial charge on any atom is 0.411 e. The lowest BCUT2D eigenvalue weighted by Gasteiger charge is -2.31. The molecule has 1 aromatic heterocycles. The van der Waals surface area contributed by atoms with Crippen LogP contribution in [0.25, 0.3) is 28.0 Å². The van der Waals surface area contributed by atoms with E-state index in [9.17, 15) is 14.4 Å². The zero-order valence-corrected chi connectivity index (χ0v) is 35.3. The molecule has 2 amide bonds. The number of H-pyrrole nitrogens is 1. The van der Waals surface area contributed by atoms with E-state index in [-0.39, 0.29) is 47.9 Å². The van der Waals surface area contributed by atoms with Crippen LogP contribution < -0.4 is 0 Å². The van der Waals surface area contributed by atoms with E-state index in [0.717, 1.165) is 69.0 Å². The number of ketones is 1. The Kier molecular flexibility index (Phi) is 12.7. The molecule has 3 aliphatic rings. The van der Waals surface area contributed by atoms with Gasteiger partial charge in [-0.2, -0.15) is 0 Å². The molecule has 3 aliphatic heterocycles. The van der Waals surface area contributed by atoms with Crippen LogP contribution in [-0.2, 0) is 20.9 Å². The first-order valence-electron chi connectivity index (χ1n) is 20.9.